The van der Waals surface area contributed by atoms with Crippen LogP contribution in [0, 0.1) is 5.92 Å². The molecule has 7 heteroatoms. The van der Waals surface area contributed by atoms with Gasteiger partial charge in [-0.2, -0.15) is 13.2 Å². The number of alkyl halides is 3. The topological polar surface area (TPSA) is 52.6 Å². The van der Waals surface area contributed by atoms with Gasteiger partial charge in [0.05, 0.1) is 17.4 Å². The van der Waals surface area contributed by atoms with Gasteiger partial charge in [0.1, 0.15) is 0 Å². The number of amides is 2. The molecule has 3 rings (SSSR count). The molecular weight excluding hydrogens is 309 g/mol. The van der Waals surface area contributed by atoms with E-state index in [9.17, 15) is 23.1 Å². The highest BCUT2D eigenvalue weighted by atomic mass is 19.4. The van der Waals surface area contributed by atoms with Crippen molar-refractivity contribution in [3.05, 3.63) is 29.8 Å². The van der Waals surface area contributed by atoms with E-state index in [2.05, 4.69) is 5.32 Å². The molecule has 126 valence electrons. The second-order valence-electron chi connectivity index (χ2n) is 6.26. The summed E-state index contributed by atoms with van der Waals surface area (Å²) in [5.41, 5.74) is -1.12. The van der Waals surface area contributed by atoms with Crippen LogP contribution in [0.15, 0.2) is 24.3 Å². The van der Waals surface area contributed by atoms with Crippen LogP contribution in [-0.4, -0.2) is 34.7 Å². The van der Waals surface area contributed by atoms with Crippen molar-refractivity contribution < 1.29 is 23.1 Å². The fourth-order valence-corrected chi connectivity index (χ4v) is 2.64. The number of carbonyl (C=O) groups excluding carboxylic acids is 1. The number of nitrogens with one attached hydrogen (secondary N) is 1. The fraction of sp³-hybridized carbons (Fsp3) is 0.562. The van der Waals surface area contributed by atoms with E-state index in [0.29, 0.717) is 0 Å². The highest BCUT2D eigenvalue weighted by molar-refractivity contribution is 5.90. The Morgan fingerprint density at radius 1 is 1.26 bits per heavy atom. The number of aliphatic hydroxyl groups excluding tert-OH is 1. The minimum atomic E-state index is -4.53. The molecule has 0 aromatic heterocycles. The van der Waals surface area contributed by atoms with Gasteiger partial charge in [0, 0.05) is 12.6 Å². The molecule has 4 nitrogen and oxygen atoms in total. The van der Waals surface area contributed by atoms with E-state index in [1.54, 1.807) is 0 Å². The van der Waals surface area contributed by atoms with Crippen LogP contribution in [0.1, 0.15) is 31.2 Å². The summed E-state index contributed by atoms with van der Waals surface area (Å²) in [5, 5.41) is 12.4. The number of urea groups is 1. The minimum Gasteiger partial charge on any atom is -0.391 e. The van der Waals surface area contributed by atoms with Crippen molar-refractivity contribution in [1.82, 2.24) is 4.90 Å². The summed E-state index contributed by atoms with van der Waals surface area (Å²) in [6, 6.07) is 4.35. The zero-order chi connectivity index (χ0) is 16.6. The van der Waals surface area contributed by atoms with Gasteiger partial charge in [-0.15, -0.1) is 0 Å². The molecule has 1 aromatic carbocycles. The maximum absolute atomic E-state index is 13.0. The molecule has 23 heavy (non-hydrogen) atoms. The van der Waals surface area contributed by atoms with Gasteiger partial charge >= 0.3 is 12.2 Å². The Hall–Kier alpha value is -1.76. The number of aliphatic hydroxyl groups is 1. The maximum atomic E-state index is 13.0. The molecule has 1 unspecified atom stereocenters. The van der Waals surface area contributed by atoms with E-state index >= 15 is 0 Å². The Bertz CT molecular complexity index is 583. The predicted molar refractivity (Wildman–Crippen MR) is 78.9 cm³/mol. The lowest BCUT2D eigenvalue weighted by Crippen LogP contribution is -2.42. The normalized spacial score (nSPS) is 19.3. The maximum Gasteiger partial charge on any atom is 0.418 e. The number of anilines is 1. The third-order valence-corrected chi connectivity index (χ3v) is 4.27. The molecule has 0 radical (unpaired) electrons. The van der Waals surface area contributed by atoms with Crippen LogP contribution >= 0.6 is 0 Å². The quantitative estimate of drug-likeness (QED) is 0.869. The Balaban J connectivity index is 1.72. The highest BCUT2D eigenvalue weighted by Gasteiger charge is 2.39. The Morgan fingerprint density at radius 2 is 1.91 bits per heavy atom. The number of benzene rings is 1. The van der Waals surface area contributed by atoms with E-state index in [-0.39, 0.29) is 24.2 Å². The summed E-state index contributed by atoms with van der Waals surface area (Å²) in [7, 11) is 0. The fourth-order valence-electron chi connectivity index (χ4n) is 2.64. The lowest BCUT2D eigenvalue weighted by Gasteiger charge is -2.26. The van der Waals surface area contributed by atoms with E-state index in [1.807, 2.05) is 0 Å². The number of nitrogens with zero attached hydrogens (tertiary/aromatic N) is 1. The van der Waals surface area contributed by atoms with Gasteiger partial charge < -0.3 is 15.3 Å². The zero-order valence-electron chi connectivity index (χ0n) is 12.5. The molecule has 2 amide bonds. The summed E-state index contributed by atoms with van der Waals surface area (Å²) in [6.45, 7) is 0.176. The molecule has 0 spiro atoms. The summed E-state index contributed by atoms with van der Waals surface area (Å²) < 4.78 is 39.0. The molecule has 2 aliphatic carbocycles. The van der Waals surface area contributed by atoms with Crippen molar-refractivity contribution in [2.24, 2.45) is 5.92 Å². The number of hydrogen-bond acceptors (Lipinski definition) is 2. The smallest absolute Gasteiger partial charge is 0.391 e. The van der Waals surface area contributed by atoms with Gasteiger partial charge in [0.2, 0.25) is 0 Å². The molecule has 0 saturated heterocycles. The Kier molecular flexibility index (Phi) is 4.23. The Labute approximate surface area is 132 Å². The van der Waals surface area contributed by atoms with E-state index < -0.39 is 23.9 Å². The van der Waals surface area contributed by atoms with E-state index in [1.165, 1.54) is 23.1 Å². The summed E-state index contributed by atoms with van der Waals surface area (Å²) in [6.07, 6.45) is -1.59. The first-order valence-electron chi connectivity index (χ1n) is 7.78. The molecule has 1 aromatic rings. The van der Waals surface area contributed by atoms with E-state index in [4.69, 9.17) is 0 Å². The number of hydrogen-bond donors (Lipinski definition) is 2. The minimum absolute atomic E-state index is 0.0152. The zero-order valence-corrected chi connectivity index (χ0v) is 12.5. The first kappa shape index (κ1) is 16.1. The van der Waals surface area contributed by atoms with Crippen LogP contribution in [0.2, 0.25) is 0 Å². The van der Waals surface area contributed by atoms with Gasteiger partial charge in [-0.05, 0) is 43.7 Å². The van der Waals surface area contributed by atoms with Crippen LogP contribution in [-0.2, 0) is 6.18 Å². The molecule has 2 fully saturated rings. The summed E-state index contributed by atoms with van der Waals surface area (Å²) >= 11 is 0. The van der Waals surface area contributed by atoms with Crippen molar-refractivity contribution >= 4 is 11.7 Å². The van der Waals surface area contributed by atoms with Crippen molar-refractivity contribution in [1.29, 1.82) is 0 Å². The third kappa shape index (κ3) is 3.96. The molecule has 1 atom stereocenters. The average molecular weight is 328 g/mol. The average Bonchev–Trinajstić information content (AvgIpc) is 3.37. The predicted octanol–water partition coefficient (Wildman–Crippen LogP) is 3.47. The molecule has 0 aliphatic heterocycles. The van der Waals surface area contributed by atoms with Crippen LogP contribution in [0.3, 0.4) is 0 Å². The van der Waals surface area contributed by atoms with Crippen LogP contribution < -0.4 is 5.32 Å². The third-order valence-electron chi connectivity index (χ3n) is 4.27. The molecule has 2 aliphatic rings. The largest absolute Gasteiger partial charge is 0.418 e. The van der Waals surface area contributed by atoms with Gasteiger partial charge in [0.15, 0.2) is 0 Å². The van der Waals surface area contributed by atoms with E-state index in [0.717, 1.165) is 31.7 Å². The monoisotopic (exact) mass is 328 g/mol. The first-order chi connectivity index (χ1) is 10.9. The van der Waals surface area contributed by atoms with Gasteiger partial charge in [0.25, 0.3) is 0 Å². The van der Waals surface area contributed by atoms with Gasteiger partial charge in [-0.1, -0.05) is 12.1 Å². The number of halogens is 3. The van der Waals surface area contributed by atoms with Crippen molar-refractivity contribution in [2.45, 2.75) is 44.0 Å². The van der Waals surface area contributed by atoms with Crippen LogP contribution in [0.4, 0.5) is 23.7 Å². The van der Waals surface area contributed by atoms with Crippen LogP contribution in [0.5, 0.6) is 0 Å². The number of carbonyl (C=O) groups is 1. The molecule has 2 saturated carbocycles. The SMILES string of the molecule is O=C(Nc1ccccc1C(F)(F)F)N(CC(O)C1CC1)C1CC1. The highest BCUT2D eigenvalue weighted by Crippen LogP contribution is 2.37. The molecule has 0 bridgehead atoms. The van der Waals surface area contributed by atoms with Crippen molar-refractivity contribution in [3.8, 4) is 0 Å². The lowest BCUT2D eigenvalue weighted by molar-refractivity contribution is -0.136. The summed E-state index contributed by atoms with van der Waals surface area (Å²) in [5.74, 6) is 0.214. The Morgan fingerprint density at radius 3 is 2.48 bits per heavy atom. The van der Waals surface area contributed by atoms with Crippen molar-refractivity contribution in [2.75, 3.05) is 11.9 Å². The second-order valence-corrected chi connectivity index (χ2v) is 6.26. The summed E-state index contributed by atoms with van der Waals surface area (Å²) in [4.78, 5) is 13.9. The molecule has 2 N–H and O–H groups in total. The van der Waals surface area contributed by atoms with Crippen LogP contribution in [0.25, 0.3) is 0 Å². The second kappa shape index (κ2) is 6.03. The lowest BCUT2D eigenvalue weighted by atomic mass is 10.1. The van der Waals surface area contributed by atoms with Gasteiger partial charge in [-0.3, -0.25) is 0 Å². The number of para-hydroxylation sites is 1. The standard InChI is InChI=1S/C16H19F3N2O2/c17-16(18,19)12-3-1-2-4-13(12)20-15(23)21(11-7-8-11)9-14(22)10-5-6-10/h1-4,10-11,14,22H,5-9H2,(H,20,23). The van der Waals surface area contributed by atoms with Crippen molar-refractivity contribution in [3.63, 3.8) is 0 Å². The number of rotatable bonds is 5. The van der Waals surface area contributed by atoms with Gasteiger partial charge in [-0.25, -0.2) is 4.79 Å². The first-order valence-corrected chi connectivity index (χ1v) is 7.78. The molecular formula is C16H19F3N2O2. The molecule has 0 heterocycles.